The molecule has 0 aromatic rings. The Bertz CT molecular complexity index is 325. The summed E-state index contributed by atoms with van der Waals surface area (Å²) < 4.78 is 0. The molecule has 17 heavy (non-hydrogen) atoms. The molecule has 0 saturated carbocycles. The van der Waals surface area contributed by atoms with Gasteiger partial charge in [-0.1, -0.05) is 58.9 Å². The molecule has 0 saturated heterocycles. The first-order chi connectivity index (χ1) is 8.12. The van der Waals surface area contributed by atoms with E-state index in [1.807, 2.05) is 13.8 Å². The molecule has 2 amide bonds. The van der Waals surface area contributed by atoms with Crippen molar-refractivity contribution in [3.63, 3.8) is 0 Å². The van der Waals surface area contributed by atoms with E-state index in [0.717, 1.165) is 0 Å². The lowest BCUT2D eigenvalue weighted by molar-refractivity contribution is -0.123. The summed E-state index contributed by atoms with van der Waals surface area (Å²) in [5.74, 6) is -0.726. The van der Waals surface area contributed by atoms with Gasteiger partial charge in [-0.3, -0.25) is 14.9 Å². The third-order valence-electron chi connectivity index (χ3n) is 1.54. The van der Waals surface area contributed by atoms with Gasteiger partial charge in [0, 0.05) is 0 Å². The van der Waals surface area contributed by atoms with E-state index < -0.39 is 0 Å². The number of hydrogen-bond acceptors (Lipinski definition) is 2. The molecule has 1 aliphatic heterocycles. The maximum Gasteiger partial charge on any atom is 0.258 e. The van der Waals surface area contributed by atoms with Crippen LogP contribution in [0.25, 0.3) is 0 Å². The van der Waals surface area contributed by atoms with Crippen molar-refractivity contribution in [3.05, 3.63) is 36.0 Å². The summed E-state index contributed by atoms with van der Waals surface area (Å²) in [7, 11) is 0. The molecule has 1 heterocycles. The maximum atomic E-state index is 11.1. The molecule has 0 atom stereocenters. The molecule has 3 nitrogen and oxygen atoms in total. The minimum Gasteiger partial charge on any atom is -0.288 e. The van der Waals surface area contributed by atoms with Crippen molar-refractivity contribution in [1.82, 2.24) is 5.32 Å². The highest BCUT2D eigenvalue weighted by atomic mass is 16.2. The standard InChI is InChI=1S/C9H9NO2.C3H8.C2H6/c1-3-5-7-6(4-2)8(11)10-9(7)12;1-3-2;1-2/h3-5H,2H2,1H3,(H,10,11,12);3H2,1-2H3;1-2H3/b5-3-;;. The minimum absolute atomic E-state index is 0.345. The second-order valence-corrected chi connectivity index (χ2v) is 3.02. The number of hydrogen-bond donors (Lipinski definition) is 1. The van der Waals surface area contributed by atoms with Crippen molar-refractivity contribution >= 4 is 11.8 Å². The smallest absolute Gasteiger partial charge is 0.258 e. The van der Waals surface area contributed by atoms with Gasteiger partial charge in [0.1, 0.15) is 0 Å². The Hall–Kier alpha value is -1.64. The molecule has 0 aromatic carbocycles. The monoisotopic (exact) mass is 237 g/mol. The minimum atomic E-state index is -0.372. The number of allylic oxidation sites excluding steroid dienone is 1. The molecular weight excluding hydrogens is 214 g/mol. The van der Waals surface area contributed by atoms with Crippen LogP contribution in [-0.2, 0) is 9.59 Å². The summed E-state index contributed by atoms with van der Waals surface area (Å²) >= 11 is 0. The molecule has 0 bridgehead atoms. The zero-order valence-electron chi connectivity index (χ0n) is 11.5. The lowest BCUT2D eigenvalue weighted by atomic mass is 10.1. The highest BCUT2D eigenvalue weighted by Gasteiger charge is 2.25. The predicted molar refractivity (Wildman–Crippen MR) is 72.5 cm³/mol. The second kappa shape index (κ2) is 10.9. The quantitative estimate of drug-likeness (QED) is 0.750. The Morgan fingerprint density at radius 2 is 1.53 bits per heavy atom. The van der Waals surface area contributed by atoms with Gasteiger partial charge in [0.2, 0.25) is 0 Å². The van der Waals surface area contributed by atoms with E-state index in [2.05, 4.69) is 25.7 Å². The first kappa shape index (κ1) is 17.7. The number of imide groups is 1. The molecule has 0 aromatic heterocycles. The van der Waals surface area contributed by atoms with Gasteiger partial charge < -0.3 is 0 Å². The zero-order chi connectivity index (χ0) is 13.8. The van der Waals surface area contributed by atoms with Gasteiger partial charge >= 0.3 is 0 Å². The zero-order valence-corrected chi connectivity index (χ0v) is 11.5. The third-order valence-corrected chi connectivity index (χ3v) is 1.54. The van der Waals surface area contributed by atoms with Gasteiger partial charge in [-0.25, -0.2) is 0 Å². The number of rotatable bonds is 2. The number of nitrogens with one attached hydrogen (secondary N) is 1. The number of carbonyl (C=O) groups is 2. The number of carbonyl (C=O) groups excluding carboxylic acids is 2. The molecule has 0 spiro atoms. The van der Waals surface area contributed by atoms with E-state index >= 15 is 0 Å². The Balaban J connectivity index is 0. The van der Waals surface area contributed by atoms with Crippen molar-refractivity contribution in [2.45, 2.75) is 41.0 Å². The van der Waals surface area contributed by atoms with Crippen LogP contribution in [0.5, 0.6) is 0 Å². The maximum absolute atomic E-state index is 11.1. The van der Waals surface area contributed by atoms with Gasteiger partial charge in [-0.15, -0.1) is 0 Å². The lowest BCUT2D eigenvalue weighted by Crippen LogP contribution is -2.22. The van der Waals surface area contributed by atoms with Gasteiger partial charge in [-0.2, -0.15) is 0 Å². The van der Waals surface area contributed by atoms with Crippen LogP contribution in [0.1, 0.15) is 41.0 Å². The highest BCUT2D eigenvalue weighted by Crippen LogP contribution is 2.14. The van der Waals surface area contributed by atoms with E-state index in [4.69, 9.17) is 0 Å². The first-order valence-corrected chi connectivity index (χ1v) is 5.97. The molecule has 0 fully saturated rings. The van der Waals surface area contributed by atoms with Crippen LogP contribution in [0.3, 0.4) is 0 Å². The summed E-state index contributed by atoms with van der Waals surface area (Å²) in [5.41, 5.74) is 0.732. The fourth-order valence-corrected chi connectivity index (χ4v) is 1.02. The third kappa shape index (κ3) is 5.85. The molecule has 3 heteroatoms. The van der Waals surface area contributed by atoms with E-state index in [0.29, 0.717) is 11.1 Å². The van der Waals surface area contributed by atoms with Crippen molar-refractivity contribution in [3.8, 4) is 0 Å². The Kier molecular flexibility index (Phi) is 11.3. The van der Waals surface area contributed by atoms with Crippen LogP contribution in [0.2, 0.25) is 0 Å². The van der Waals surface area contributed by atoms with Gasteiger partial charge in [0.25, 0.3) is 11.8 Å². The molecule has 0 radical (unpaired) electrons. The van der Waals surface area contributed by atoms with Crippen LogP contribution in [0, 0.1) is 0 Å². The molecule has 96 valence electrons. The van der Waals surface area contributed by atoms with Crippen LogP contribution in [0.4, 0.5) is 0 Å². The second-order valence-electron chi connectivity index (χ2n) is 3.02. The fraction of sp³-hybridized carbons (Fsp3) is 0.429. The van der Waals surface area contributed by atoms with Gasteiger partial charge in [-0.05, 0) is 6.92 Å². The van der Waals surface area contributed by atoms with Crippen molar-refractivity contribution in [2.75, 3.05) is 0 Å². The molecule has 0 unspecified atom stereocenters. The van der Waals surface area contributed by atoms with Crippen LogP contribution >= 0.6 is 0 Å². The summed E-state index contributed by atoms with van der Waals surface area (Å²) in [6, 6.07) is 0. The molecule has 1 rings (SSSR count). The summed E-state index contributed by atoms with van der Waals surface area (Å²) in [6.45, 7) is 13.5. The van der Waals surface area contributed by atoms with Crippen molar-refractivity contribution < 1.29 is 9.59 Å². The van der Waals surface area contributed by atoms with Crippen molar-refractivity contribution in [1.29, 1.82) is 0 Å². The highest BCUT2D eigenvalue weighted by molar-refractivity contribution is 6.21. The molecule has 0 aliphatic carbocycles. The Labute approximate surface area is 104 Å². The van der Waals surface area contributed by atoms with E-state index in [1.165, 1.54) is 12.5 Å². The largest absolute Gasteiger partial charge is 0.288 e. The summed E-state index contributed by atoms with van der Waals surface area (Å²) in [4.78, 5) is 22.1. The molecule has 1 aliphatic rings. The van der Waals surface area contributed by atoms with Crippen LogP contribution in [-0.4, -0.2) is 11.8 Å². The lowest BCUT2D eigenvalue weighted by Gasteiger charge is -1.88. The number of amides is 2. The average Bonchev–Trinajstić information content (AvgIpc) is 2.58. The Morgan fingerprint density at radius 3 is 1.88 bits per heavy atom. The molecular formula is C14H23NO2. The van der Waals surface area contributed by atoms with Crippen LogP contribution < -0.4 is 5.32 Å². The fourth-order valence-electron chi connectivity index (χ4n) is 1.02. The van der Waals surface area contributed by atoms with Gasteiger partial charge in [0.05, 0.1) is 11.1 Å². The predicted octanol–water partition coefficient (Wildman–Crippen LogP) is 3.14. The summed E-state index contributed by atoms with van der Waals surface area (Å²) in [6.07, 6.45) is 5.93. The normalized spacial score (nSPS) is 13.7. The van der Waals surface area contributed by atoms with Crippen LogP contribution in [0.15, 0.2) is 36.0 Å². The average molecular weight is 237 g/mol. The first-order valence-electron chi connectivity index (χ1n) is 5.97. The van der Waals surface area contributed by atoms with E-state index in [-0.39, 0.29) is 11.8 Å². The van der Waals surface area contributed by atoms with E-state index in [1.54, 1.807) is 19.1 Å². The van der Waals surface area contributed by atoms with E-state index in [9.17, 15) is 9.59 Å². The molecule has 1 N–H and O–H groups in total. The SMILES string of the molecule is C=CC1=C(/C=C\C)C(=O)NC1=O.CC.CCC. The van der Waals surface area contributed by atoms with Crippen molar-refractivity contribution in [2.24, 2.45) is 0 Å². The Morgan fingerprint density at radius 1 is 1.12 bits per heavy atom. The summed E-state index contributed by atoms with van der Waals surface area (Å²) in [5, 5.41) is 2.18. The van der Waals surface area contributed by atoms with Gasteiger partial charge in [0.15, 0.2) is 0 Å². The topological polar surface area (TPSA) is 46.2 Å².